The minimum atomic E-state index is -3.52. The molecule has 1 N–H and O–H groups in total. The highest BCUT2D eigenvalue weighted by molar-refractivity contribution is 7.89. The third kappa shape index (κ3) is 5.02. The van der Waals surface area contributed by atoms with E-state index in [-0.39, 0.29) is 32.3 Å². The van der Waals surface area contributed by atoms with Gasteiger partial charge in [-0.2, -0.15) is 0 Å². The zero-order chi connectivity index (χ0) is 19.5. The molecular formula is C16H15Cl3N2O4S. The molecule has 26 heavy (non-hydrogen) atoms. The summed E-state index contributed by atoms with van der Waals surface area (Å²) in [6, 6.07) is 8.62. The monoisotopic (exact) mass is 436 g/mol. The first-order chi connectivity index (χ1) is 12.1. The van der Waals surface area contributed by atoms with Crippen molar-refractivity contribution in [1.29, 1.82) is 0 Å². The van der Waals surface area contributed by atoms with Crippen LogP contribution in [-0.4, -0.2) is 39.3 Å². The summed E-state index contributed by atoms with van der Waals surface area (Å²) in [7, 11) is -0.641. The lowest BCUT2D eigenvalue weighted by Gasteiger charge is -2.12. The van der Waals surface area contributed by atoms with Crippen LogP contribution in [0.1, 0.15) is 0 Å². The second-order valence-electron chi connectivity index (χ2n) is 5.35. The van der Waals surface area contributed by atoms with Gasteiger partial charge in [0.05, 0.1) is 20.0 Å². The van der Waals surface area contributed by atoms with Crippen LogP contribution in [0, 0.1) is 0 Å². The molecule has 2 aromatic carbocycles. The number of ether oxygens (including phenoxy) is 1. The van der Waals surface area contributed by atoms with E-state index in [2.05, 4.69) is 5.32 Å². The highest BCUT2D eigenvalue weighted by Crippen LogP contribution is 2.33. The van der Waals surface area contributed by atoms with E-state index in [9.17, 15) is 13.2 Å². The Balaban J connectivity index is 1.99. The molecule has 0 fully saturated rings. The zero-order valence-electron chi connectivity index (χ0n) is 13.8. The van der Waals surface area contributed by atoms with Gasteiger partial charge in [0.25, 0.3) is 5.91 Å². The number of carbonyl (C=O) groups is 1. The minimum absolute atomic E-state index is 0.124. The summed E-state index contributed by atoms with van der Waals surface area (Å²) in [5.41, 5.74) is 0.427. The topological polar surface area (TPSA) is 75.7 Å². The molecule has 10 heteroatoms. The Bertz CT molecular complexity index is 916. The lowest BCUT2D eigenvalue weighted by molar-refractivity contribution is -0.118. The van der Waals surface area contributed by atoms with Crippen molar-refractivity contribution in [3.05, 3.63) is 51.5 Å². The first-order valence-corrected chi connectivity index (χ1v) is 9.78. The molecule has 0 aromatic heterocycles. The second kappa shape index (κ2) is 8.45. The Morgan fingerprint density at radius 2 is 1.62 bits per heavy atom. The van der Waals surface area contributed by atoms with Gasteiger partial charge < -0.3 is 10.1 Å². The van der Waals surface area contributed by atoms with E-state index in [1.807, 2.05) is 0 Å². The molecule has 0 aliphatic heterocycles. The summed E-state index contributed by atoms with van der Waals surface area (Å²) in [4.78, 5) is 12.1. The summed E-state index contributed by atoms with van der Waals surface area (Å²) in [5, 5.41) is 3.35. The molecule has 0 saturated carbocycles. The average Bonchev–Trinajstić information content (AvgIpc) is 2.57. The van der Waals surface area contributed by atoms with E-state index >= 15 is 0 Å². The molecule has 2 rings (SSSR count). The fourth-order valence-electron chi connectivity index (χ4n) is 1.88. The van der Waals surface area contributed by atoms with Crippen LogP contribution in [0.25, 0.3) is 0 Å². The van der Waals surface area contributed by atoms with Crippen LogP contribution in [0.2, 0.25) is 15.1 Å². The predicted molar refractivity (Wildman–Crippen MR) is 103 cm³/mol. The summed E-state index contributed by atoms with van der Waals surface area (Å²) < 4.78 is 30.4. The normalized spacial score (nSPS) is 11.5. The lowest BCUT2D eigenvalue weighted by Crippen LogP contribution is -2.22. The Labute approximate surface area is 166 Å². The van der Waals surface area contributed by atoms with Crippen molar-refractivity contribution in [2.45, 2.75) is 4.90 Å². The van der Waals surface area contributed by atoms with Crippen LogP contribution in [0.3, 0.4) is 0 Å². The van der Waals surface area contributed by atoms with Crippen molar-refractivity contribution in [1.82, 2.24) is 4.31 Å². The molecule has 0 atom stereocenters. The lowest BCUT2D eigenvalue weighted by atomic mass is 10.3. The summed E-state index contributed by atoms with van der Waals surface area (Å²) in [6.45, 7) is -0.310. The molecular weight excluding hydrogens is 423 g/mol. The number of hydrogen-bond donors (Lipinski definition) is 1. The van der Waals surface area contributed by atoms with Gasteiger partial charge in [-0.3, -0.25) is 4.79 Å². The van der Waals surface area contributed by atoms with E-state index in [0.717, 1.165) is 4.31 Å². The number of benzene rings is 2. The Kier molecular flexibility index (Phi) is 6.76. The van der Waals surface area contributed by atoms with Gasteiger partial charge in [0, 0.05) is 25.8 Å². The van der Waals surface area contributed by atoms with E-state index < -0.39 is 15.9 Å². The fraction of sp³-hybridized carbons (Fsp3) is 0.188. The number of nitrogens with zero attached hydrogens (tertiary/aromatic N) is 1. The highest BCUT2D eigenvalue weighted by atomic mass is 35.5. The second-order valence-corrected chi connectivity index (χ2v) is 8.72. The minimum Gasteiger partial charge on any atom is -0.482 e. The van der Waals surface area contributed by atoms with Crippen molar-refractivity contribution in [3.63, 3.8) is 0 Å². The summed E-state index contributed by atoms with van der Waals surface area (Å²) >= 11 is 17.7. The van der Waals surface area contributed by atoms with Gasteiger partial charge in [0.1, 0.15) is 5.75 Å². The number of rotatable bonds is 6. The number of nitrogens with one attached hydrogen (secondary N) is 1. The molecule has 1 amide bonds. The largest absolute Gasteiger partial charge is 0.482 e. The number of sulfonamides is 1. The summed E-state index contributed by atoms with van der Waals surface area (Å²) in [5.74, 6) is -0.223. The van der Waals surface area contributed by atoms with Crippen LogP contribution in [0.15, 0.2) is 41.3 Å². The van der Waals surface area contributed by atoms with E-state index in [1.54, 1.807) is 0 Å². The Morgan fingerprint density at radius 3 is 2.19 bits per heavy atom. The predicted octanol–water partition coefficient (Wildman–Crippen LogP) is 3.91. The van der Waals surface area contributed by atoms with Crippen LogP contribution >= 0.6 is 34.8 Å². The molecule has 0 unspecified atom stereocenters. The van der Waals surface area contributed by atoms with Gasteiger partial charge >= 0.3 is 0 Å². The van der Waals surface area contributed by atoms with Crippen molar-refractivity contribution < 1.29 is 17.9 Å². The van der Waals surface area contributed by atoms with Crippen molar-refractivity contribution in [2.75, 3.05) is 26.0 Å². The third-order valence-electron chi connectivity index (χ3n) is 3.25. The number of amides is 1. The van der Waals surface area contributed by atoms with Gasteiger partial charge in [-0.15, -0.1) is 0 Å². The number of anilines is 1. The van der Waals surface area contributed by atoms with Crippen LogP contribution in [0.5, 0.6) is 5.75 Å². The Morgan fingerprint density at radius 1 is 1.04 bits per heavy atom. The van der Waals surface area contributed by atoms with Crippen molar-refractivity contribution >= 4 is 56.4 Å². The van der Waals surface area contributed by atoms with Crippen LogP contribution in [-0.2, 0) is 14.8 Å². The number of hydrogen-bond acceptors (Lipinski definition) is 4. The maximum absolute atomic E-state index is 12.0. The van der Waals surface area contributed by atoms with Gasteiger partial charge in [0.2, 0.25) is 10.0 Å². The molecule has 0 saturated heterocycles. The van der Waals surface area contributed by atoms with Gasteiger partial charge in [-0.1, -0.05) is 34.8 Å². The molecule has 0 radical (unpaired) electrons. The van der Waals surface area contributed by atoms with Crippen LogP contribution in [0.4, 0.5) is 5.69 Å². The van der Waals surface area contributed by atoms with Crippen LogP contribution < -0.4 is 10.1 Å². The van der Waals surface area contributed by atoms with E-state index in [1.165, 1.54) is 50.5 Å². The highest BCUT2D eigenvalue weighted by Gasteiger charge is 2.17. The average molecular weight is 438 g/mol. The third-order valence-corrected chi connectivity index (χ3v) is 6.10. The molecule has 0 heterocycles. The van der Waals surface area contributed by atoms with E-state index in [0.29, 0.717) is 5.69 Å². The zero-order valence-corrected chi connectivity index (χ0v) is 16.9. The molecule has 0 aliphatic carbocycles. The smallest absolute Gasteiger partial charge is 0.262 e. The number of halogens is 3. The summed E-state index contributed by atoms with van der Waals surface area (Å²) in [6.07, 6.45) is 0. The molecule has 6 nitrogen and oxygen atoms in total. The first-order valence-electron chi connectivity index (χ1n) is 7.21. The van der Waals surface area contributed by atoms with E-state index in [4.69, 9.17) is 39.5 Å². The first kappa shape index (κ1) is 20.8. The molecule has 2 aromatic rings. The Hall–Kier alpha value is -1.51. The maximum Gasteiger partial charge on any atom is 0.262 e. The van der Waals surface area contributed by atoms with Crippen molar-refractivity contribution in [3.8, 4) is 5.75 Å². The number of carbonyl (C=O) groups excluding carboxylic acids is 1. The van der Waals surface area contributed by atoms with Crippen molar-refractivity contribution in [2.24, 2.45) is 0 Å². The molecule has 140 valence electrons. The molecule has 0 spiro atoms. The molecule has 0 aliphatic rings. The van der Waals surface area contributed by atoms with Gasteiger partial charge in [-0.25, -0.2) is 12.7 Å². The van der Waals surface area contributed by atoms with Gasteiger partial charge in [-0.05, 0) is 30.3 Å². The SMILES string of the molecule is CN(C)S(=O)(=O)c1ccc(NC(=O)COc2cc(Cl)c(Cl)cc2Cl)cc1. The maximum atomic E-state index is 12.0. The molecule has 0 bridgehead atoms. The van der Waals surface area contributed by atoms with Gasteiger partial charge in [0.15, 0.2) is 6.61 Å². The standard InChI is InChI=1S/C16H15Cl3N2O4S/c1-21(2)26(23,24)11-5-3-10(4-6-11)20-16(22)9-25-15-8-13(18)12(17)7-14(15)19/h3-8H,9H2,1-2H3,(H,20,22). The fourth-order valence-corrected chi connectivity index (χ4v) is 3.37. The quantitative estimate of drug-likeness (QED) is 0.695.